The van der Waals surface area contributed by atoms with E-state index in [-0.39, 0.29) is 0 Å². The van der Waals surface area contributed by atoms with Gasteiger partial charge in [0.05, 0.1) is 0 Å². The molecule has 3 heteroatoms. The van der Waals surface area contributed by atoms with Gasteiger partial charge >= 0.3 is 0 Å². The monoisotopic (exact) mass is 186 g/mol. The number of halogens is 1. The van der Waals surface area contributed by atoms with E-state index < -0.39 is 0 Å². The molecule has 0 aliphatic carbocycles. The van der Waals surface area contributed by atoms with Crippen LogP contribution in [0.25, 0.3) is 0 Å². The van der Waals surface area contributed by atoms with Crippen molar-refractivity contribution in [2.24, 2.45) is 0 Å². The lowest BCUT2D eigenvalue weighted by Crippen LogP contribution is -1.67. The van der Waals surface area contributed by atoms with E-state index in [1.165, 1.54) is 11.8 Å². The summed E-state index contributed by atoms with van der Waals surface area (Å²) in [6.07, 6.45) is 0.888. The van der Waals surface area contributed by atoms with E-state index >= 15 is 0 Å². The Kier molecular flexibility index (Phi) is 3.33. The van der Waals surface area contributed by atoms with Crippen LogP contribution in [0.5, 0.6) is 0 Å². The Morgan fingerprint density at radius 2 is 2.00 bits per heavy atom. The van der Waals surface area contributed by atoms with Crippen LogP contribution in [0, 0.1) is 0 Å². The normalized spacial score (nSPS) is 11.5. The predicted octanol–water partition coefficient (Wildman–Crippen LogP) is 3.37. The Balaban J connectivity index is 2.65. The largest absolute Gasteiger partial charge is 0.513 e. The van der Waals surface area contributed by atoms with Crippen LogP contribution >= 0.6 is 23.4 Å². The van der Waals surface area contributed by atoms with Gasteiger partial charge in [-0.3, -0.25) is 0 Å². The molecule has 0 spiro atoms. The first-order valence-electron chi connectivity index (χ1n) is 3.05. The molecule has 0 saturated heterocycles. The lowest BCUT2D eigenvalue weighted by Gasteiger charge is -1.95. The van der Waals surface area contributed by atoms with Crippen molar-refractivity contribution in [3.8, 4) is 0 Å². The van der Waals surface area contributed by atoms with Gasteiger partial charge in [-0.25, -0.2) is 0 Å². The maximum Gasteiger partial charge on any atom is 0.112 e. The third-order valence-electron chi connectivity index (χ3n) is 1.06. The van der Waals surface area contributed by atoms with Gasteiger partial charge in [0.2, 0.25) is 0 Å². The molecule has 0 radical (unpaired) electrons. The van der Waals surface area contributed by atoms with E-state index in [1.807, 2.05) is 30.3 Å². The van der Waals surface area contributed by atoms with E-state index in [2.05, 4.69) is 0 Å². The van der Waals surface area contributed by atoms with Crippen LogP contribution in [0.2, 0.25) is 0 Å². The van der Waals surface area contributed by atoms with Crippen molar-refractivity contribution in [1.82, 2.24) is 0 Å². The third-order valence-corrected chi connectivity index (χ3v) is 2.20. The number of aliphatic hydroxyl groups excluding tert-OH is 1. The molecule has 1 aromatic carbocycles. The van der Waals surface area contributed by atoms with Gasteiger partial charge in [-0.2, -0.15) is 0 Å². The second-order valence-electron chi connectivity index (χ2n) is 1.85. The van der Waals surface area contributed by atoms with E-state index in [0.29, 0.717) is 4.36 Å². The van der Waals surface area contributed by atoms with Gasteiger partial charge in [-0.15, -0.1) is 0 Å². The number of thioether (sulfide) groups is 1. The highest BCUT2D eigenvalue weighted by Crippen LogP contribution is 2.27. The van der Waals surface area contributed by atoms with Gasteiger partial charge in [0, 0.05) is 4.90 Å². The number of rotatable bonds is 2. The zero-order chi connectivity index (χ0) is 8.10. The van der Waals surface area contributed by atoms with Gasteiger partial charge in [-0.1, -0.05) is 41.6 Å². The van der Waals surface area contributed by atoms with Gasteiger partial charge in [-0.05, 0) is 12.1 Å². The number of hydrogen-bond acceptors (Lipinski definition) is 2. The molecule has 0 aromatic heterocycles. The summed E-state index contributed by atoms with van der Waals surface area (Å²) in [5.41, 5.74) is 0. The van der Waals surface area contributed by atoms with Gasteiger partial charge in [0.15, 0.2) is 0 Å². The summed E-state index contributed by atoms with van der Waals surface area (Å²) in [7, 11) is 0. The summed E-state index contributed by atoms with van der Waals surface area (Å²) in [5, 5.41) is 8.48. The quantitative estimate of drug-likeness (QED) is 0.565. The van der Waals surface area contributed by atoms with Crippen molar-refractivity contribution in [1.29, 1.82) is 0 Å². The van der Waals surface area contributed by atoms with Crippen molar-refractivity contribution in [3.05, 3.63) is 41.0 Å². The van der Waals surface area contributed by atoms with E-state index in [9.17, 15) is 0 Å². The fraction of sp³-hybridized carbons (Fsp3) is 0. The standard InChI is InChI=1S/C8H7ClOS/c9-8(6-10)11-7-4-2-1-3-5-7/h1-6,10H. The molecule has 0 heterocycles. The zero-order valence-electron chi connectivity index (χ0n) is 5.70. The van der Waals surface area contributed by atoms with Crippen molar-refractivity contribution >= 4 is 23.4 Å². The summed E-state index contributed by atoms with van der Waals surface area (Å²) in [5.74, 6) is 0. The Morgan fingerprint density at radius 1 is 1.36 bits per heavy atom. The fourth-order valence-electron chi connectivity index (χ4n) is 0.627. The van der Waals surface area contributed by atoms with Crippen LogP contribution in [0.1, 0.15) is 0 Å². The Bertz CT molecular complexity index is 246. The van der Waals surface area contributed by atoms with Gasteiger partial charge in [0.25, 0.3) is 0 Å². The first kappa shape index (κ1) is 8.50. The third kappa shape index (κ3) is 2.87. The minimum atomic E-state index is 0.371. The van der Waals surface area contributed by atoms with Crippen LogP contribution in [-0.4, -0.2) is 5.11 Å². The molecule has 1 nitrogen and oxygen atoms in total. The average molecular weight is 187 g/mol. The SMILES string of the molecule is OC=C(Cl)Sc1ccccc1. The van der Waals surface area contributed by atoms with Crippen molar-refractivity contribution in [2.75, 3.05) is 0 Å². The van der Waals surface area contributed by atoms with Crippen LogP contribution in [0.3, 0.4) is 0 Å². The molecule has 0 bridgehead atoms. The molecular formula is C8H7ClOS. The maximum atomic E-state index is 8.48. The van der Waals surface area contributed by atoms with Gasteiger partial charge < -0.3 is 5.11 Å². The molecular weight excluding hydrogens is 180 g/mol. The molecule has 0 unspecified atom stereocenters. The first-order valence-corrected chi connectivity index (χ1v) is 4.25. The predicted molar refractivity (Wildman–Crippen MR) is 48.9 cm³/mol. The van der Waals surface area contributed by atoms with Gasteiger partial charge in [0.1, 0.15) is 10.6 Å². The van der Waals surface area contributed by atoms with Crippen molar-refractivity contribution < 1.29 is 5.11 Å². The average Bonchev–Trinajstić information content (AvgIpc) is 2.06. The summed E-state index contributed by atoms with van der Waals surface area (Å²) in [6, 6.07) is 9.63. The molecule has 0 atom stereocenters. The second-order valence-corrected chi connectivity index (χ2v) is 3.59. The minimum Gasteiger partial charge on any atom is -0.513 e. The topological polar surface area (TPSA) is 20.2 Å². The molecule has 11 heavy (non-hydrogen) atoms. The molecule has 0 aliphatic heterocycles. The Morgan fingerprint density at radius 3 is 2.55 bits per heavy atom. The summed E-state index contributed by atoms with van der Waals surface area (Å²) < 4.78 is 0.371. The Labute approximate surface area is 74.7 Å². The van der Waals surface area contributed by atoms with Crippen molar-refractivity contribution in [3.63, 3.8) is 0 Å². The molecule has 0 amide bonds. The van der Waals surface area contributed by atoms with Crippen LogP contribution < -0.4 is 0 Å². The number of hydrogen-bond donors (Lipinski definition) is 1. The van der Waals surface area contributed by atoms with E-state index in [0.717, 1.165) is 11.2 Å². The highest BCUT2D eigenvalue weighted by atomic mass is 35.5. The molecule has 58 valence electrons. The number of benzene rings is 1. The lowest BCUT2D eigenvalue weighted by atomic mass is 10.4. The molecule has 0 saturated carbocycles. The summed E-state index contributed by atoms with van der Waals surface area (Å²) in [4.78, 5) is 1.02. The molecule has 1 aromatic rings. The highest BCUT2D eigenvalue weighted by molar-refractivity contribution is 8.04. The Hall–Kier alpha value is -0.600. The van der Waals surface area contributed by atoms with E-state index in [4.69, 9.17) is 16.7 Å². The number of aliphatic hydroxyl groups is 1. The van der Waals surface area contributed by atoms with Crippen molar-refractivity contribution in [2.45, 2.75) is 4.90 Å². The maximum absolute atomic E-state index is 8.48. The van der Waals surface area contributed by atoms with Crippen LogP contribution in [0.4, 0.5) is 0 Å². The minimum absolute atomic E-state index is 0.371. The first-order chi connectivity index (χ1) is 5.33. The fourth-order valence-corrected chi connectivity index (χ4v) is 1.47. The lowest BCUT2D eigenvalue weighted by molar-refractivity contribution is 0.474. The summed E-state index contributed by atoms with van der Waals surface area (Å²) in [6.45, 7) is 0. The second kappa shape index (κ2) is 4.31. The summed E-state index contributed by atoms with van der Waals surface area (Å²) >= 11 is 6.89. The van der Waals surface area contributed by atoms with Crippen LogP contribution in [0.15, 0.2) is 45.9 Å². The van der Waals surface area contributed by atoms with E-state index in [1.54, 1.807) is 0 Å². The van der Waals surface area contributed by atoms with Crippen LogP contribution in [-0.2, 0) is 0 Å². The zero-order valence-corrected chi connectivity index (χ0v) is 7.27. The highest BCUT2D eigenvalue weighted by Gasteiger charge is 1.94. The molecule has 1 rings (SSSR count). The molecule has 0 aliphatic rings. The molecule has 0 fully saturated rings. The molecule has 1 N–H and O–H groups in total. The smallest absolute Gasteiger partial charge is 0.112 e.